The van der Waals surface area contributed by atoms with Gasteiger partial charge in [0.1, 0.15) is 0 Å². The van der Waals surface area contributed by atoms with E-state index in [1.807, 2.05) is 6.92 Å². The third-order valence-electron chi connectivity index (χ3n) is 1.55. The van der Waals surface area contributed by atoms with Crippen LogP contribution in [-0.2, 0) is 4.74 Å². The van der Waals surface area contributed by atoms with Crippen LogP contribution in [0.25, 0.3) is 0 Å². The van der Waals surface area contributed by atoms with Crippen LogP contribution in [0, 0.1) is 0 Å². The first kappa shape index (κ1) is 12.7. The summed E-state index contributed by atoms with van der Waals surface area (Å²) in [6.07, 6.45) is -4.26. The summed E-state index contributed by atoms with van der Waals surface area (Å²) in [6.45, 7) is 1.61. The van der Waals surface area contributed by atoms with E-state index in [2.05, 4.69) is 4.74 Å². The molecule has 0 saturated heterocycles. The van der Waals surface area contributed by atoms with Gasteiger partial charge in [0.05, 0.1) is 6.61 Å². The molecule has 1 N–H and O–H groups in total. The number of alkyl halides is 3. The van der Waals surface area contributed by atoms with Gasteiger partial charge in [-0.05, 0) is 6.42 Å². The van der Waals surface area contributed by atoms with Gasteiger partial charge < -0.3 is 9.84 Å². The molecule has 0 rings (SSSR count). The summed E-state index contributed by atoms with van der Waals surface area (Å²) in [5.41, 5.74) is 0. The fraction of sp³-hybridized carbons (Fsp3) is 1.00. The smallest absolute Gasteiger partial charge is 0.382 e. The van der Waals surface area contributed by atoms with E-state index in [9.17, 15) is 13.2 Å². The first-order chi connectivity index (χ1) is 5.98. The SMILES string of the molecule is CCCCCOCC(O)C(F)(F)F. The predicted molar refractivity (Wildman–Crippen MR) is 42.4 cm³/mol. The molecule has 1 atom stereocenters. The summed E-state index contributed by atoms with van der Waals surface area (Å²) in [5.74, 6) is 0. The van der Waals surface area contributed by atoms with E-state index >= 15 is 0 Å². The van der Waals surface area contributed by atoms with Gasteiger partial charge in [0, 0.05) is 6.61 Å². The number of ether oxygens (including phenoxy) is 1. The monoisotopic (exact) mass is 200 g/mol. The molecule has 0 aromatic carbocycles. The minimum absolute atomic E-state index is 0.279. The maximum atomic E-state index is 11.7. The van der Waals surface area contributed by atoms with Crippen molar-refractivity contribution in [3.63, 3.8) is 0 Å². The zero-order valence-corrected chi connectivity index (χ0v) is 7.60. The number of hydrogen-bond donors (Lipinski definition) is 1. The van der Waals surface area contributed by atoms with Gasteiger partial charge in [0.15, 0.2) is 6.10 Å². The number of rotatable bonds is 6. The Bertz CT molecular complexity index is 125. The topological polar surface area (TPSA) is 29.5 Å². The second kappa shape index (κ2) is 6.21. The van der Waals surface area contributed by atoms with Crippen LogP contribution in [-0.4, -0.2) is 30.6 Å². The lowest BCUT2D eigenvalue weighted by Crippen LogP contribution is -2.33. The van der Waals surface area contributed by atoms with Crippen LogP contribution in [0.2, 0.25) is 0 Å². The molecule has 2 nitrogen and oxygen atoms in total. The number of hydrogen-bond acceptors (Lipinski definition) is 2. The molecular weight excluding hydrogens is 185 g/mol. The van der Waals surface area contributed by atoms with Crippen molar-refractivity contribution in [2.24, 2.45) is 0 Å². The van der Waals surface area contributed by atoms with Crippen molar-refractivity contribution in [3.8, 4) is 0 Å². The van der Waals surface area contributed by atoms with E-state index < -0.39 is 18.9 Å². The highest BCUT2D eigenvalue weighted by Crippen LogP contribution is 2.19. The molecule has 0 amide bonds. The van der Waals surface area contributed by atoms with Crippen molar-refractivity contribution in [2.45, 2.75) is 38.5 Å². The molecule has 0 spiro atoms. The van der Waals surface area contributed by atoms with Crippen molar-refractivity contribution in [3.05, 3.63) is 0 Å². The molecule has 1 unspecified atom stereocenters. The normalized spacial score (nSPS) is 14.5. The summed E-state index contributed by atoms with van der Waals surface area (Å²) >= 11 is 0. The van der Waals surface area contributed by atoms with Gasteiger partial charge >= 0.3 is 6.18 Å². The van der Waals surface area contributed by atoms with Crippen molar-refractivity contribution < 1.29 is 23.0 Å². The van der Waals surface area contributed by atoms with E-state index in [0.717, 1.165) is 19.3 Å². The standard InChI is InChI=1S/C8H15F3O2/c1-2-3-4-5-13-6-7(12)8(9,10)11/h7,12H,2-6H2,1H3. The van der Waals surface area contributed by atoms with Crippen molar-refractivity contribution >= 4 is 0 Å². The van der Waals surface area contributed by atoms with Gasteiger partial charge in [0.25, 0.3) is 0 Å². The summed E-state index contributed by atoms with van der Waals surface area (Å²) in [7, 11) is 0. The quantitative estimate of drug-likeness (QED) is 0.665. The van der Waals surface area contributed by atoms with Crippen LogP contribution in [0.1, 0.15) is 26.2 Å². The first-order valence-electron chi connectivity index (χ1n) is 4.31. The van der Waals surface area contributed by atoms with Crippen LogP contribution in [0.3, 0.4) is 0 Å². The minimum atomic E-state index is -4.56. The van der Waals surface area contributed by atoms with Crippen LogP contribution in [0.5, 0.6) is 0 Å². The van der Waals surface area contributed by atoms with Gasteiger partial charge in [-0.1, -0.05) is 19.8 Å². The van der Waals surface area contributed by atoms with Crippen LogP contribution < -0.4 is 0 Å². The number of aliphatic hydroxyl groups excluding tert-OH is 1. The molecule has 0 saturated carbocycles. The highest BCUT2D eigenvalue weighted by Gasteiger charge is 2.38. The van der Waals surface area contributed by atoms with Gasteiger partial charge in [-0.2, -0.15) is 13.2 Å². The zero-order chi connectivity index (χ0) is 10.3. The maximum Gasteiger partial charge on any atom is 0.416 e. The van der Waals surface area contributed by atoms with E-state index in [1.54, 1.807) is 0 Å². The molecule has 0 bridgehead atoms. The van der Waals surface area contributed by atoms with Crippen molar-refractivity contribution in [1.29, 1.82) is 0 Å². The van der Waals surface area contributed by atoms with Gasteiger partial charge in [-0.15, -0.1) is 0 Å². The number of aliphatic hydroxyl groups is 1. The Hall–Kier alpha value is -0.290. The van der Waals surface area contributed by atoms with Crippen molar-refractivity contribution in [1.82, 2.24) is 0 Å². The lowest BCUT2D eigenvalue weighted by atomic mass is 10.3. The van der Waals surface area contributed by atoms with E-state index in [4.69, 9.17) is 5.11 Å². The van der Waals surface area contributed by atoms with Crippen LogP contribution >= 0.6 is 0 Å². The van der Waals surface area contributed by atoms with Crippen LogP contribution in [0.15, 0.2) is 0 Å². The Morgan fingerprint density at radius 2 is 1.92 bits per heavy atom. The Labute approximate surface area is 75.7 Å². The molecule has 0 fully saturated rings. The molecule has 0 aromatic heterocycles. The summed E-state index contributed by atoms with van der Waals surface area (Å²) < 4.78 is 39.7. The van der Waals surface area contributed by atoms with E-state index in [-0.39, 0.29) is 6.61 Å². The molecule has 0 heterocycles. The Kier molecular flexibility index (Phi) is 6.07. The van der Waals surface area contributed by atoms with E-state index in [1.165, 1.54) is 0 Å². The molecule has 13 heavy (non-hydrogen) atoms. The molecule has 0 aliphatic heterocycles. The highest BCUT2D eigenvalue weighted by atomic mass is 19.4. The predicted octanol–water partition coefficient (Wildman–Crippen LogP) is 2.12. The minimum Gasteiger partial charge on any atom is -0.382 e. The number of halogens is 3. The first-order valence-corrected chi connectivity index (χ1v) is 4.31. The van der Waals surface area contributed by atoms with Crippen molar-refractivity contribution in [2.75, 3.05) is 13.2 Å². The maximum absolute atomic E-state index is 11.7. The molecule has 0 aromatic rings. The van der Waals surface area contributed by atoms with Gasteiger partial charge in [-0.3, -0.25) is 0 Å². The Morgan fingerprint density at radius 3 is 2.38 bits per heavy atom. The van der Waals surface area contributed by atoms with Gasteiger partial charge in [0.2, 0.25) is 0 Å². The largest absolute Gasteiger partial charge is 0.416 e. The van der Waals surface area contributed by atoms with E-state index in [0.29, 0.717) is 0 Å². The second-order valence-corrected chi connectivity index (χ2v) is 2.84. The third-order valence-corrected chi connectivity index (χ3v) is 1.55. The average molecular weight is 200 g/mol. The fourth-order valence-corrected chi connectivity index (χ4v) is 0.744. The second-order valence-electron chi connectivity index (χ2n) is 2.84. The summed E-state index contributed by atoms with van der Waals surface area (Å²) in [4.78, 5) is 0. The molecule has 5 heteroatoms. The lowest BCUT2D eigenvalue weighted by Gasteiger charge is -2.14. The Balaban J connectivity index is 3.32. The molecular formula is C8H15F3O2. The lowest BCUT2D eigenvalue weighted by molar-refractivity contribution is -0.217. The summed E-state index contributed by atoms with van der Waals surface area (Å²) in [5, 5.41) is 8.49. The third kappa shape index (κ3) is 6.83. The average Bonchev–Trinajstić information content (AvgIpc) is 2.02. The van der Waals surface area contributed by atoms with Gasteiger partial charge in [-0.25, -0.2) is 0 Å². The fourth-order valence-electron chi connectivity index (χ4n) is 0.744. The molecule has 0 radical (unpaired) electrons. The molecule has 0 aliphatic rings. The highest BCUT2D eigenvalue weighted by molar-refractivity contribution is 4.63. The summed E-state index contributed by atoms with van der Waals surface area (Å²) in [6, 6.07) is 0. The zero-order valence-electron chi connectivity index (χ0n) is 7.60. The number of unbranched alkanes of at least 4 members (excludes halogenated alkanes) is 2. The molecule has 0 aliphatic carbocycles. The Morgan fingerprint density at radius 1 is 1.31 bits per heavy atom. The van der Waals surface area contributed by atoms with Crippen LogP contribution in [0.4, 0.5) is 13.2 Å². The molecule has 80 valence electrons.